The Balaban J connectivity index is 1.40. The number of hydrogen-bond acceptors (Lipinski definition) is 5. The van der Waals surface area contributed by atoms with Crippen LogP contribution in [0.2, 0.25) is 0 Å². The van der Waals surface area contributed by atoms with Gasteiger partial charge in [-0.15, -0.1) is 0 Å². The summed E-state index contributed by atoms with van der Waals surface area (Å²) >= 11 is 1.42. The number of rotatable bonds is 4. The number of nitrogens with zero attached hydrogens (tertiary/aromatic N) is 2. The van der Waals surface area contributed by atoms with Crippen LogP contribution in [0.1, 0.15) is 39.0 Å². The van der Waals surface area contributed by atoms with E-state index in [4.69, 9.17) is 4.74 Å². The molecule has 1 aliphatic carbocycles. The van der Waals surface area contributed by atoms with Crippen molar-refractivity contribution in [3.05, 3.63) is 18.2 Å². The third-order valence-corrected chi connectivity index (χ3v) is 6.71. The number of benzene rings is 1. The summed E-state index contributed by atoms with van der Waals surface area (Å²) in [5, 5.41) is 3.48. The van der Waals surface area contributed by atoms with Crippen molar-refractivity contribution in [1.82, 2.24) is 9.88 Å². The zero-order valence-corrected chi connectivity index (χ0v) is 16.6. The van der Waals surface area contributed by atoms with E-state index in [2.05, 4.69) is 17.2 Å². The van der Waals surface area contributed by atoms with Gasteiger partial charge in [-0.1, -0.05) is 18.3 Å². The molecule has 1 N–H and O–H groups in total. The van der Waals surface area contributed by atoms with Crippen molar-refractivity contribution in [2.24, 2.45) is 11.8 Å². The predicted octanol–water partition coefficient (Wildman–Crippen LogP) is 3.67. The standard InChI is InChI=1S/C20H25N3O3S/c1-12-3-5-14(6-4-12)23-11-13(9-18(23)24)19(25)22-20-21-16-8-7-15(26-2)10-17(16)27-20/h7-8,10,12-14H,3-6,9,11H2,1-2H3,(H,21,22,25). The van der Waals surface area contributed by atoms with Crippen LogP contribution in [-0.2, 0) is 9.59 Å². The maximum Gasteiger partial charge on any atom is 0.231 e. The molecule has 2 aromatic rings. The van der Waals surface area contributed by atoms with Crippen LogP contribution in [0, 0.1) is 11.8 Å². The van der Waals surface area contributed by atoms with Crippen molar-refractivity contribution >= 4 is 38.5 Å². The first-order chi connectivity index (χ1) is 13.0. The normalized spacial score (nSPS) is 25.8. The van der Waals surface area contributed by atoms with E-state index in [0.717, 1.165) is 34.7 Å². The smallest absolute Gasteiger partial charge is 0.231 e. The molecule has 4 rings (SSSR count). The second kappa shape index (κ2) is 7.46. The first kappa shape index (κ1) is 18.2. The molecule has 144 valence electrons. The SMILES string of the molecule is COc1ccc2nc(NC(=O)C3CC(=O)N(C4CCC(C)CC4)C3)sc2c1. The third-order valence-electron chi connectivity index (χ3n) is 5.78. The fraction of sp³-hybridized carbons (Fsp3) is 0.550. The van der Waals surface area contributed by atoms with Crippen LogP contribution in [0.25, 0.3) is 10.2 Å². The summed E-state index contributed by atoms with van der Waals surface area (Å²) in [6, 6.07) is 5.95. The minimum Gasteiger partial charge on any atom is -0.497 e. The fourth-order valence-electron chi connectivity index (χ4n) is 4.11. The second-order valence-electron chi connectivity index (χ2n) is 7.70. The molecule has 1 aliphatic heterocycles. The molecule has 7 heteroatoms. The Morgan fingerprint density at radius 1 is 1.30 bits per heavy atom. The van der Waals surface area contributed by atoms with Crippen LogP contribution >= 0.6 is 11.3 Å². The summed E-state index contributed by atoms with van der Waals surface area (Å²) in [6.07, 6.45) is 4.75. The summed E-state index contributed by atoms with van der Waals surface area (Å²) in [5.74, 6) is 1.22. The van der Waals surface area contributed by atoms with Crippen molar-refractivity contribution < 1.29 is 14.3 Å². The van der Waals surface area contributed by atoms with Crippen molar-refractivity contribution in [3.63, 3.8) is 0 Å². The number of anilines is 1. The fourth-order valence-corrected chi connectivity index (χ4v) is 5.00. The van der Waals surface area contributed by atoms with E-state index in [1.54, 1.807) is 7.11 Å². The molecule has 2 heterocycles. The van der Waals surface area contributed by atoms with Gasteiger partial charge in [-0.05, 0) is 49.8 Å². The lowest BCUT2D eigenvalue weighted by molar-refractivity contribution is -0.130. The van der Waals surface area contributed by atoms with E-state index in [1.807, 2.05) is 23.1 Å². The number of hydrogen-bond donors (Lipinski definition) is 1. The Hall–Kier alpha value is -2.15. The van der Waals surface area contributed by atoms with Crippen molar-refractivity contribution in [3.8, 4) is 5.75 Å². The molecule has 0 radical (unpaired) electrons. The van der Waals surface area contributed by atoms with Gasteiger partial charge in [0.25, 0.3) is 0 Å². The lowest BCUT2D eigenvalue weighted by atomic mass is 9.87. The highest BCUT2D eigenvalue weighted by Crippen LogP contribution is 2.33. The van der Waals surface area contributed by atoms with Gasteiger partial charge >= 0.3 is 0 Å². The van der Waals surface area contributed by atoms with Gasteiger partial charge in [-0.3, -0.25) is 9.59 Å². The highest BCUT2D eigenvalue weighted by molar-refractivity contribution is 7.22. The Morgan fingerprint density at radius 2 is 2.07 bits per heavy atom. The molecule has 2 amide bonds. The molecule has 2 fully saturated rings. The van der Waals surface area contributed by atoms with Crippen LogP contribution in [-0.4, -0.2) is 41.4 Å². The van der Waals surface area contributed by atoms with Gasteiger partial charge in [-0.25, -0.2) is 4.98 Å². The monoisotopic (exact) mass is 387 g/mol. The van der Waals surface area contributed by atoms with E-state index in [0.29, 0.717) is 24.1 Å². The summed E-state index contributed by atoms with van der Waals surface area (Å²) in [5.41, 5.74) is 0.830. The number of aromatic nitrogens is 1. The molecule has 0 bridgehead atoms. The van der Waals surface area contributed by atoms with Crippen LogP contribution in [0.3, 0.4) is 0 Å². The molecule has 1 aromatic heterocycles. The molecule has 1 saturated carbocycles. The number of thiazole rings is 1. The maximum absolute atomic E-state index is 12.7. The van der Waals surface area contributed by atoms with Gasteiger partial charge in [0.2, 0.25) is 11.8 Å². The Labute approximate surface area is 162 Å². The van der Waals surface area contributed by atoms with E-state index in [1.165, 1.54) is 24.2 Å². The lowest BCUT2D eigenvalue weighted by Crippen LogP contribution is -2.39. The van der Waals surface area contributed by atoms with E-state index in [9.17, 15) is 9.59 Å². The summed E-state index contributed by atoms with van der Waals surface area (Å²) in [7, 11) is 1.63. The quantitative estimate of drug-likeness (QED) is 0.869. The molecule has 27 heavy (non-hydrogen) atoms. The molecule has 0 spiro atoms. The van der Waals surface area contributed by atoms with Crippen molar-refractivity contribution in [1.29, 1.82) is 0 Å². The number of methoxy groups -OCH3 is 1. The molecule has 1 aromatic carbocycles. The number of likely N-dealkylation sites (tertiary alicyclic amines) is 1. The molecule has 1 atom stereocenters. The number of amides is 2. The Kier molecular flexibility index (Phi) is 5.04. The third kappa shape index (κ3) is 3.78. The largest absolute Gasteiger partial charge is 0.497 e. The first-order valence-corrected chi connectivity index (χ1v) is 10.4. The number of nitrogens with one attached hydrogen (secondary N) is 1. The van der Waals surface area contributed by atoms with Gasteiger partial charge in [0.05, 0.1) is 23.2 Å². The number of ether oxygens (including phenoxy) is 1. The van der Waals surface area contributed by atoms with Crippen molar-refractivity contribution in [2.45, 2.75) is 45.1 Å². The Morgan fingerprint density at radius 3 is 2.81 bits per heavy atom. The summed E-state index contributed by atoms with van der Waals surface area (Å²) < 4.78 is 6.19. The van der Waals surface area contributed by atoms with Gasteiger partial charge in [0, 0.05) is 19.0 Å². The second-order valence-corrected chi connectivity index (χ2v) is 8.73. The zero-order valence-electron chi connectivity index (χ0n) is 15.7. The molecule has 6 nitrogen and oxygen atoms in total. The van der Waals surface area contributed by atoms with Gasteiger partial charge in [0.15, 0.2) is 5.13 Å². The number of fused-ring (bicyclic) bond motifs is 1. The van der Waals surface area contributed by atoms with E-state index < -0.39 is 0 Å². The minimum absolute atomic E-state index is 0.110. The number of carbonyl (C=O) groups excluding carboxylic acids is 2. The van der Waals surface area contributed by atoms with E-state index >= 15 is 0 Å². The zero-order chi connectivity index (χ0) is 19.0. The molecule has 1 saturated heterocycles. The molecular formula is C20H25N3O3S. The van der Waals surface area contributed by atoms with Crippen LogP contribution in [0.15, 0.2) is 18.2 Å². The van der Waals surface area contributed by atoms with E-state index in [-0.39, 0.29) is 17.7 Å². The topological polar surface area (TPSA) is 71.5 Å². The van der Waals surface area contributed by atoms with Gasteiger partial charge in [-0.2, -0.15) is 0 Å². The van der Waals surface area contributed by atoms with Gasteiger partial charge in [0.1, 0.15) is 5.75 Å². The summed E-state index contributed by atoms with van der Waals surface area (Å²) in [6.45, 7) is 2.80. The highest BCUT2D eigenvalue weighted by Gasteiger charge is 2.38. The number of carbonyl (C=O) groups is 2. The van der Waals surface area contributed by atoms with Gasteiger partial charge < -0.3 is 15.0 Å². The van der Waals surface area contributed by atoms with Crippen LogP contribution < -0.4 is 10.1 Å². The minimum atomic E-state index is -0.293. The predicted molar refractivity (Wildman–Crippen MR) is 106 cm³/mol. The van der Waals surface area contributed by atoms with Crippen molar-refractivity contribution in [2.75, 3.05) is 19.0 Å². The average molecular weight is 388 g/mol. The first-order valence-electron chi connectivity index (χ1n) is 9.58. The maximum atomic E-state index is 12.7. The molecule has 2 aliphatic rings. The van der Waals surface area contributed by atoms with Crippen LogP contribution in [0.4, 0.5) is 5.13 Å². The Bertz CT molecular complexity index is 857. The van der Waals surface area contributed by atoms with Crippen LogP contribution in [0.5, 0.6) is 5.75 Å². The lowest BCUT2D eigenvalue weighted by Gasteiger charge is -2.33. The average Bonchev–Trinajstić information content (AvgIpc) is 3.24. The molecule has 1 unspecified atom stereocenters. The molecular weight excluding hydrogens is 362 g/mol. The highest BCUT2D eigenvalue weighted by atomic mass is 32.1. The summed E-state index contributed by atoms with van der Waals surface area (Å²) in [4.78, 5) is 31.6.